The fraction of sp³-hybridized carbons (Fsp3) is 0.333. The summed E-state index contributed by atoms with van der Waals surface area (Å²) in [4.78, 5) is 10.5. The zero-order valence-corrected chi connectivity index (χ0v) is 5.12. The van der Waals surface area contributed by atoms with Gasteiger partial charge in [-0.1, -0.05) is 6.58 Å². The standard InChI is InChI=1S/C6H9NO/c1-4-5(2)6(8)7-3/h1H2,2-3H3,(H,7,8). The van der Waals surface area contributed by atoms with Gasteiger partial charge < -0.3 is 5.32 Å². The van der Waals surface area contributed by atoms with E-state index in [0.29, 0.717) is 5.57 Å². The summed E-state index contributed by atoms with van der Waals surface area (Å²) < 4.78 is 0. The maximum Gasteiger partial charge on any atom is 0.254 e. The van der Waals surface area contributed by atoms with Crippen molar-refractivity contribution in [1.29, 1.82) is 0 Å². The Morgan fingerprint density at radius 2 is 2.25 bits per heavy atom. The summed E-state index contributed by atoms with van der Waals surface area (Å²) in [6, 6.07) is 0. The zero-order valence-electron chi connectivity index (χ0n) is 5.12. The average Bonchev–Trinajstić information content (AvgIpc) is 1.84. The average molecular weight is 111 g/mol. The molecule has 0 radical (unpaired) electrons. The maximum absolute atomic E-state index is 10.5. The van der Waals surface area contributed by atoms with Crippen molar-refractivity contribution in [3.05, 3.63) is 17.9 Å². The lowest BCUT2D eigenvalue weighted by atomic mass is 10.3. The van der Waals surface area contributed by atoms with Gasteiger partial charge in [0.25, 0.3) is 5.91 Å². The molecule has 0 saturated heterocycles. The summed E-state index contributed by atoms with van der Waals surface area (Å²) in [7, 11) is 1.57. The highest BCUT2D eigenvalue weighted by Gasteiger charge is 1.95. The van der Waals surface area contributed by atoms with Gasteiger partial charge >= 0.3 is 0 Å². The summed E-state index contributed by atoms with van der Waals surface area (Å²) in [6.45, 7) is 4.97. The molecule has 0 fully saturated rings. The lowest BCUT2D eigenvalue weighted by molar-refractivity contribution is -0.116. The number of carbonyl (C=O) groups is 1. The summed E-state index contributed by atoms with van der Waals surface area (Å²) in [6.07, 6.45) is 0. The van der Waals surface area contributed by atoms with Crippen molar-refractivity contribution >= 4 is 5.91 Å². The Kier molecular flexibility index (Phi) is 2.67. The topological polar surface area (TPSA) is 29.1 Å². The Bertz CT molecular complexity index is 143. The molecular weight excluding hydrogens is 102 g/mol. The van der Waals surface area contributed by atoms with Gasteiger partial charge in [-0.3, -0.25) is 4.79 Å². The van der Waals surface area contributed by atoms with Gasteiger partial charge in [0.05, 0.1) is 5.57 Å². The van der Waals surface area contributed by atoms with Gasteiger partial charge in [0.15, 0.2) is 0 Å². The Balaban J connectivity index is 4.04. The van der Waals surface area contributed by atoms with Crippen LogP contribution < -0.4 is 5.32 Å². The first kappa shape index (κ1) is 6.99. The van der Waals surface area contributed by atoms with E-state index in [1.807, 2.05) is 0 Å². The predicted octanol–water partition coefficient (Wildman–Crippen LogP) is 0.464. The van der Waals surface area contributed by atoms with E-state index in [1.165, 1.54) is 0 Å². The highest BCUT2D eigenvalue weighted by molar-refractivity contribution is 5.92. The molecule has 0 atom stereocenters. The molecule has 0 spiro atoms. The van der Waals surface area contributed by atoms with Crippen molar-refractivity contribution in [2.24, 2.45) is 0 Å². The van der Waals surface area contributed by atoms with Crippen LogP contribution in [-0.2, 0) is 4.79 Å². The molecule has 0 aliphatic heterocycles. The smallest absolute Gasteiger partial charge is 0.254 e. The van der Waals surface area contributed by atoms with Crippen LogP contribution in [0.5, 0.6) is 0 Å². The van der Waals surface area contributed by atoms with E-state index in [4.69, 9.17) is 0 Å². The fourth-order valence-corrected chi connectivity index (χ4v) is 0.268. The third kappa shape index (κ3) is 1.63. The molecule has 0 aromatic carbocycles. The first-order valence-electron chi connectivity index (χ1n) is 2.31. The van der Waals surface area contributed by atoms with Gasteiger partial charge in [-0.15, -0.1) is 5.73 Å². The quantitative estimate of drug-likeness (QED) is 0.386. The van der Waals surface area contributed by atoms with Crippen LogP contribution in [0.2, 0.25) is 0 Å². The molecule has 0 aromatic rings. The summed E-state index contributed by atoms with van der Waals surface area (Å²) in [5.74, 6) is -0.125. The van der Waals surface area contributed by atoms with E-state index in [2.05, 4.69) is 17.6 Å². The van der Waals surface area contributed by atoms with Crippen LogP contribution in [0.3, 0.4) is 0 Å². The maximum atomic E-state index is 10.5. The van der Waals surface area contributed by atoms with Crippen LogP contribution in [-0.4, -0.2) is 13.0 Å². The predicted molar refractivity (Wildman–Crippen MR) is 32.4 cm³/mol. The van der Waals surface area contributed by atoms with E-state index in [9.17, 15) is 4.79 Å². The van der Waals surface area contributed by atoms with Crippen LogP contribution in [0.4, 0.5) is 0 Å². The highest BCUT2D eigenvalue weighted by atomic mass is 16.1. The molecule has 1 amide bonds. The van der Waals surface area contributed by atoms with Crippen LogP contribution >= 0.6 is 0 Å². The number of likely N-dealkylation sites (N-methyl/N-ethyl adjacent to an activating group) is 1. The third-order valence-electron chi connectivity index (χ3n) is 0.833. The molecule has 0 rings (SSSR count). The Morgan fingerprint density at radius 1 is 1.75 bits per heavy atom. The van der Waals surface area contributed by atoms with Gasteiger partial charge in [0, 0.05) is 7.05 Å². The van der Waals surface area contributed by atoms with Gasteiger partial charge in [0.1, 0.15) is 0 Å². The normalized spacial score (nSPS) is 7.25. The number of hydrogen-bond acceptors (Lipinski definition) is 1. The Morgan fingerprint density at radius 3 is 2.38 bits per heavy atom. The van der Waals surface area contributed by atoms with Crippen molar-refractivity contribution in [1.82, 2.24) is 5.32 Å². The van der Waals surface area contributed by atoms with Crippen LogP contribution in [0.25, 0.3) is 0 Å². The zero-order chi connectivity index (χ0) is 6.57. The van der Waals surface area contributed by atoms with Crippen molar-refractivity contribution < 1.29 is 4.79 Å². The fourth-order valence-electron chi connectivity index (χ4n) is 0.268. The minimum Gasteiger partial charge on any atom is -0.355 e. The Labute approximate surface area is 48.9 Å². The van der Waals surface area contributed by atoms with E-state index in [-0.39, 0.29) is 5.91 Å². The molecule has 0 unspecified atom stereocenters. The first-order chi connectivity index (χ1) is 3.72. The minimum absolute atomic E-state index is 0.125. The van der Waals surface area contributed by atoms with Crippen LogP contribution in [0.15, 0.2) is 17.9 Å². The lowest BCUT2D eigenvalue weighted by Crippen LogP contribution is -2.17. The van der Waals surface area contributed by atoms with Crippen molar-refractivity contribution in [2.45, 2.75) is 6.92 Å². The van der Waals surface area contributed by atoms with E-state index >= 15 is 0 Å². The van der Waals surface area contributed by atoms with E-state index < -0.39 is 0 Å². The van der Waals surface area contributed by atoms with E-state index in [0.717, 1.165) is 0 Å². The molecule has 1 N–H and O–H groups in total. The Hall–Kier alpha value is -1.01. The second-order valence-corrected chi connectivity index (χ2v) is 1.38. The largest absolute Gasteiger partial charge is 0.355 e. The summed E-state index contributed by atoms with van der Waals surface area (Å²) >= 11 is 0. The number of hydrogen-bond donors (Lipinski definition) is 1. The van der Waals surface area contributed by atoms with Gasteiger partial charge in [-0.25, -0.2) is 0 Å². The molecule has 0 aliphatic carbocycles. The second kappa shape index (κ2) is 3.05. The van der Waals surface area contributed by atoms with Crippen molar-refractivity contribution in [3.8, 4) is 0 Å². The van der Waals surface area contributed by atoms with E-state index in [1.54, 1.807) is 14.0 Å². The molecule has 2 nitrogen and oxygen atoms in total. The lowest BCUT2D eigenvalue weighted by Gasteiger charge is -1.91. The van der Waals surface area contributed by atoms with Crippen LogP contribution in [0, 0.1) is 0 Å². The van der Waals surface area contributed by atoms with Crippen LogP contribution in [0.1, 0.15) is 6.92 Å². The monoisotopic (exact) mass is 111 g/mol. The highest BCUT2D eigenvalue weighted by Crippen LogP contribution is 1.84. The molecule has 0 saturated carbocycles. The summed E-state index contributed by atoms with van der Waals surface area (Å²) in [5.41, 5.74) is 2.99. The van der Waals surface area contributed by atoms with Gasteiger partial charge in [-0.05, 0) is 6.92 Å². The number of amides is 1. The van der Waals surface area contributed by atoms with Gasteiger partial charge in [0.2, 0.25) is 0 Å². The third-order valence-corrected chi connectivity index (χ3v) is 0.833. The molecule has 44 valence electrons. The SMILES string of the molecule is C=C=C(C)C(=O)NC. The molecule has 0 heterocycles. The summed E-state index contributed by atoms with van der Waals surface area (Å²) in [5, 5.41) is 2.44. The van der Waals surface area contributed by atoms with Crippen molar-refractivity contribution in [3.63, 3.8) is 0 Å². The molecular formula is C6H9NO. The van der Waals surface area contributed by atoms with Gasteiger partial charge in [-0.2, -0.15) is 0 Å². The molecule has 2 heteroatoms. The number of rotatable bonds is 1. The van der Waals surface area contributed by atoms with Crippen molar-refractivity contribution in [2.75, 3.05) is 7.05 Å². The molecule has 0 aromatic heterocycles. The minimum atomic E-state index is -0.125. The number of carbonyl (C=O) groups excluding carboxylic acids is 1. The second-order valence-electron chi connectivity index (χ2n) is 1.38. The molecule has 0 bridgehead atoms. The first-order valence-corrected chi connectivity index (χ1v) is 2.31. The molecule has 0 aliphatic rings. The molecule has 8 heavy (non-hydrogen) atoms. The number of nitrogens with one attached hydrogen (secondary N) is 1.